The van der Waals surface area contributed by atoms with Gasteiger partial charge in [-0.25, -0.2) is 0 Å². The predicted molar refractivity (Wildman–Crippen MR) is 69.8 cm³/mol. The zero-order chi connectivity index (χ0) is 11.4. The third-order valence-corrected chi connectivity index (χ3v) is 3.06. The average Bonchev–Trinajstić information content (AvgIpc) is 2.69. The van der Waals surface area contributed by atoms with Crippen molar-refractivity contribution in [3.05, 3.63) is 23.8 Å². The van der Waals surface area contributed by atoms with E-state index in [-0.39, 0.29) is 0 Å². The van der Waals surface area contributed by atoms with Crippen LogP contribution in [0.4, 0.5) is 11.4 Å². The van der Waals surface area contributed by atoms with Crippen molar-refractivity contribution in [1.29, 1.82) is 0 Å². The van der Waals surface area contributed by atoms with Gasteiger partial charge in [0.05, 0.1) is 0 Å². The molecule has 0 aromatic heterocycles. The lowest BCUT2D eigenvalue weighted by Crippen LogP contribution is -2.25. The van der Waals surface area contributed by atoms with Gasteiger partial charge in [0.15, 0.2) is 0 Å². The Labute approximate surface area is 97.6 Å². The van der Waals surface area contributed by atoms with Crippen LogP contribution in [0.15, 0.2) is 18.2 Å². The Morgan fingerprint density at radius 1 is 1.25 bits per heavy atom. The van der Waals surface area contributed by atoms with E-state index in [2.05, 4.69) is 23.2 Å². The first kappa shape index (κ1) is 11.3. The topological polar surface area (TPSA) is 41.3 Å². The maximum atomic E-state index is 5.80. The number of nitrogens with one attached hydrogen (secondary N) is 1. The van der Waals surface area contributed by atoms with Gasteiger partial charge in [0, 0.05) is 24.5 Å². The summed E-state index contributed by atoms with van der Waals surface area (Å²) in [6.07, 6.45) is 2.72. The summed E-state index contributed by atoms with van der Waals surface area (Å²) < 4.78 is 0. The molecule has 1 aliphatic rings. The Balaban J connectivity index is 1.80. The number of benzene rings is 1. The van der Waals surface area contributed by atoms with Crippen LogP contribution in [0.2, 0.25) is 0 Å². The minimum Gasteiger partial charge on any atom is -0.399 e. The lowest BCUT2D eigenvalue weighted by Gasteiger charge is -2.15. The van der Waals surface area contributed by atoms with Crippen molar-refractivity contribution >= 4 is 11.4 Å². The molecular formula is C13H21N3. The summed E-state index contributed by atoms with van der Waals surface area (Å²) in [6, 6.07) is 6.13. The van der Waals surface area contributed by atoms with Crippen LogP contribution < -0.4 is 11.1 Å². The van der Waals surface area contributed by atoms with E-state index in [9.17, 15) is 0 Å². The minimum atomic E-state index is 0.837. The molecule has 88 valence electrons. The molecule has 3 nitrogen and oxygen atoms in total. The molecule has 0 unspecified atom stereocenters. The normalized spacial score (nSPS) is 16.6. The molecule has 3 N–H and O–H groups in total. The summed E-state index contributed by atoms with van der Waals surface area (Å²) in [5.41, 5.74) is 8.99. The largest absolute Gasteiger partial charge is 0.399 e. The van der Waals surface area contributed by atoms with Crippen LogP contribution in [0.3, 0.4) is 0 Å². The zero-order valence-corrected chi connectivity index (χ0v) is 10.00. The molecule has 1 aromatic rings. The molecule has 3 heteroatoms. The fourth-order valence-corrected chi connectivity index (χ4v) is 2.28. The summed E-state index contributed by atoms with van der Waals surface area (Å²) >= 11 is 0. The first-order valence-electron chi connectivity index (χ1n) is 6.07. The summed E-state index contributed by atoms with van der Waals surface area (Å²) in [5.74, 6) is 0. The molecule has 1 aliphatic heterocycles. The Hall–Kier alpha value is -1.22. The highest BCUT2D eigenvalue weighted by atomic mass is 15.1. The molecule has 1 heterocycles. The minimum absolute atomic E-state index is 0.837. The van der Waals surface area contributed by atoms with Crippen molar-refractivity contribution in [2.75, 3.05) is 37.2 Å². The number of nitrogens with two attached hydrogens (primary N) is 1. The molecule has 0 amide bonds. The second kappa shape index (κ2) is 5.21. The van der Waals surface area contributed by atoms with Gasteiger partial charge in [0.25, 0.3) is 0 Å². The lowest BCUT2D eigenvalue weighted by atomic mass is 10.2. The van der Waals surface area contributed by atoms with E-state index in [0.717, 1.165) is 24.5 Å². The summed E-state index contributed by atoms with van der Waals surface area (Å²) in [6.45, 7) is 6.73. The molecule has 0 spiro atoms. The smallest absolute Gasteiger partial charge is 0.0363 e. The van der Waals surface area contributed by atoms with E-state index in [4.69, 9.17) is 5.73 Å². The number of nitrogen functional groups attached to an aromatic ring is 1. The SMILES string of the molecule is Cc1cc(N)cc(NCCN2CCCC2)c1. The first-order valence-corrected chi connectivity index (χ1v) is 6.07. The van der Waals surface area contributed by atoms with Gasteiger partial charge in [-0.2, -0.15) is 0 Å². The molecule has 2 rings (SSSR count). The van der Waals surface area contributed by atoms with Gasteiger partial charge >= 0.3 is 0 Å². The molecule has 0 bridgehead atoms. The fraction of sp³-hybridized carbons (Fsp3) is 0.538. The van der Waals surface area contributed by atoms with Gasteiger partial charge in [-0.1, -0.05) is 0 Å². The highest BCUT2D eigenvalue weighted by molar-refractivity contribution is 5.56. The van der Waals surface area contributed by atoms with Crippen molar-refractivity contribution in [2.45, 2.75) is 19.8 Å². The van der Waals surface area contributed by atoms with Crippen LogP contribution in [0, 0.1) is 6.92 Å². The van der Waals surface area contributed by atoms with Crippen molar-refractivity contribution < 1.29 is 0 Å². The quantitative estimate of drug-likeness (QED) is 0.762. The van der Waals surface area contributed by atoms with Crippen LogP contribution in [-0.4, -0.2) is 31.1 Å². The molecule has 0 atom stereocenters. The standard InChI is InChI=1S/C13H21N3/c1-11-8-12(14)10-13(9-11)15-4-7-16-5-2-3-6-16/h8-10,15H,2-7,14H2,1H3. The van der Waals surface area contributed by atoms with E-state index in [0.29, 0.717) is 0 Å². The fourth-order valence-electron chi connectivity index (χ4n) is 2.28. The maximum absolute atomic E-state index is 5.80. The molecule has 0 saturated carbocycles. The molecule has 0 radical (unpaired) electrons. The maximum Gasteiger partial charge on any atom is 0.0363 e. The number of anilines is 2. The van der Waals surface area contributed by atoms with Gasteiger partial charge < -0.3 is 16.0 Å². The second-order valence-electron chi connectivity index (χ2n) is 4.61. The number of likely N-dealkylation sites (tertiary alicyclic amines) is 1. The van der Waals surface area contributed by atoms with E-state index in [1.807, 2.05) is 12.1 Å². The Bertz CT molecular complexity index is 323. The zero-order valence-electron chi connectivity index (χ0n) is 10.00. The third kappa shape index (κ3) is 3.14. The van der Waals surface area contributed by atoms with Gasteiger partial charge in [0.2, 0.25) is 0 Å². The van der Waals surface area contributed by atoms with E-state index < -0.39 is 0 Å². The van der Waals surface area contributed by atoms with Gasteiger partial charge in [0.1, 0.15) is 0 Å². The van der Waals surface area contributed by atoms with Crippen molar-refractivity contribution in [2.24, 2.45) is 0 Å². The number of rotatable bonds is 4. The molecule has 1 saturated heterocycles. The van der Waals surface area contributed by atoms with E-state index in [1.54, 1.807) is 0 Å². The number of nitrogens with zero attached hydrogens (tertiary/aromatic N) is 1. The molecule has 16 heavy (non-hydrogen) atoms. The van der Waals surface area contributed by atoms with Gasteiger partial charge in [-0.05, 0) is 56.6 Å². The highest BCUT2D eigenvalue weighted by Crippen LogP contribution is 2.15. The summed E-state index contributed by atoms with van der Waals surface area (Å²) in [4.78, 5) is 2.51. The van der Waals surface area contributed by atoms with Crippen LogP contribution in [0.1, 0.15) is 18.4 Å². The average molecular weight is 219 g/mol. The molecule has 0 aliphatic carbocycles. The summed E-state index contributed by atoms with van der Waals surface area (Å²) in [7, 11) is 0. The van der Waals surface area contributed by atoms with Crippen LogP contribution >= 0.6 is 0 Å². The number of hydrogen-bond acceptors (Lipinski definition) is 3. The van der Waals surface area contributed by atoms with Crippen molar-refractivity contribution in [3.63, 3.8) is 0 Å². The van der Waals surface area contributed by atoms with E-state index in [1.165, 1.54) is 31.5 Å². The van der Waals surface area contributed by atoms with Crippen LogP contribution in [0.5, 0.6) is 0 Å². The Morgan fingerprint density at radius 2 is 2.00 bits per heavy atom. The van der Waals surface area contributed by atoms with Crippen molar-refractivity contribution in [3.8, 4) is 0 Å². The molecular weight excluding hydrogens is 198 g/mol. The van der Waals surface area contributed by atoms with Crippen LogP contribution in [0.25, 0.3) is 0 Å². The third-order valence-electron chi connectivity index (χ3n) is 3.06. The van der Waals surface area contributed by atoms with E-state index >= 15 is 0 Å². The molecule has 1 fully saturated rings. The molecule has 1 aromatic carbocycles. The second-order valence-corrected chi connectivity index (χ2v) is 4.61. The highest BCUT2D eigenvalue weighted by Gasteiger charge is 2.10. The van der Waals surface area contributed by atoms with Gasteiger partial charge in [-0.15, -0.1) is 0 Å². The predicted octanol–water partition coefficient (Wildman–Crippen LogP) is 2.08. The lowest BCUT2D eigenvalue weighted by molar-refractivity contribution is 0.352. The Kier molecular flexibility index (Phi) is 3.67. The summed E-state index contributed by atoms with van der Waals surface area (Å²) in [5, 5.41) is 3.43. The monoisotopic (exact) mass is 219 g/mol. The first-order chi connectivity index (χ1) is 7.74. The Morgan fingerprint density at radius 3 is 2.69 bits per heavy atom. The van der Waals surface area contributed by atoms with Gasteiger partial charge in [-0.3, -0.25) is 0 Å². The number of aryl methyl sites for hydroxylation is 1. The number of hydrogen-bond donors (Lipinski definition) is 2. The van der Waals surface area contributed by atoms with Crippen LogP contribution in [-0.2, 0) is 0 Å². The van der Waals surface area contributed by atoms with Crippen molar-refractivity contribution in [1.82, 2.24) is 4.90 Å².